The predicted molar refractivity (Wildman–Crippen MR) is 311 cm³/mol. The summed E-state index contributed by atoms with van der Waals surface area (Å²) >= 11 is 0. The minimum Gasteiger partial charge on any atom is -0.310 e. The first-order chi connectivity index (χ1) is 36.2. The number of hydrogen-bond acceptors (Lipinski definition) is 1. The number of hydrogen-bond donors (Lipinski definition) is 0. The lowest BCUT2D eigenvalue weighted by Gasteiger charge is -2.34. The number of rotatable bonds is 4. The molecule has 0 bridgehead atoms. The van der Waals surface area contributed by atoms with Gasteiger partial charge in [-0.2, -0.15) is 0 Å². The summed E-state index contributed by atoms with van der Waals surface area (Å²) in [5.74, 6) is 0. The zero-order chi connectivity index (χ0) is 49.2. The van der Waals surface area contributed by atoms with Crippen molar-refractivity contribution in [3.05, 3.63) is 281 Å². The molecule has 0 amide bonds. The van der Waals surface area contributed by atoms with Crippen LogP contribution in [0.15, 0.2) is 237 Å². The zero-order valence-electron chi connectivity index (χ0n) is 42.0. The van der Waals surface area contributed by atoms with E-state index in [0.29, 0.717) is 0 Å². The molecule has 0 heterocycles. The molecule has 0 aromatic heterocycles. The van der Waals surface area contributed by atoms with Gasteiger partial charge in [0.15, 0.2) is 0 Å². The molecule has 4 aliphatic carbocycles. The van der Waals surface area contributed by atoms with Gasteiger partial charge in [-0.3, -0.25) is 0 Å². The molecule has 12 aromatic rings. The van der Waals surface area contributed by atoms with Gasteiger partial charge in [-0.1, -0.05) is 222 Å². The van der Waals surface area contributed by atoms with Crippen molar-refractivity contribution in [1.82, 2.24) is 0 Å². The van der Waals surface area contributed by atoms with Gasteiger partial charge >= 0.3 is 0 Å². The Labute approximate surface area is 432 Å². The maximum Gasteiger partial charge on any atom is 0.0726 e. The molecular weight excluding hydrogens is 891 g/mol. The van der Waals surface area contributed by atoms with Gasteiger partial charge in [0.1, 0.15) is 0 Å². The Balaban J connectivity index is 1.05. The van der Waals surface area contributed by atoms with Crippen molar-refractivity contribution in [2.45, 2.75) is 43.9 Å². The third-order valence-electron chi connectivity index (χ3n) is 18.1. The summed E-state index contributed by atoms with van der Waals surface area (Å²) < 4.78 is 0. The summed E-state index contributed by atoms with van der Waals surface area (Å²) in [5.41, 5.74) is 26.3. The van der Waals surface area contributed by atoms with Gasteiger partial charge in [-0.15, -0.1) is 0 Å². The molecule has 0 N–H and O–H groups in total. The van der Waals surface area contributed by atoms with Crippen LogP contribution in [0.3, 0.4) is 0 Å². The van der Waals surface area contributed by atoms with Crippen LogP contribution in [-0.2, 0) is 16.2 Å². The first kappa shape index (κ1) is 41.8. The summed E-state index contributed by atoms with van der Waals surface area (Å²) in [7, 11) is 0. The van der Waals surface area contributed by atoms with E-state index in [1.54, 1.807) is 0 Å². The van der Waals surface area contributed by atoms with Gasteiger partial charge in [-0.25, -0.2) is 0 Å². The van der Waals surface area contributed by atoms with Gasteiger partial charge < -0.3 is 4.90 Å². The average Bonchev–Trinajstić information content (AvgIpc) is 4.20. The minimum absolute atomic E-state index is 0.112. The van der Waals surface area contributed by atoms with Gasteiger partial charge in [0, 0.05) is 27.8 Å². The fraction of sp³-hybridized carbons (Fsp3) is 0.0959. The van der Waals surface area contributed by atoms with Crippen LogP contribution < -0.4 is 4.90 Å². The molecule has 0 fully saturated rings. The average molecular weight is 942 g/mol. The van der Waals surface area contributed by atoms with Crippen molar-refractivity contribution < 1.29 is 0 Å². The smallest absolute Gasteiger partial charge is 0.0726 e. The molecule has 0 aliphatic heterocycles. The maximum absolute atomic E-state index is 2.62. The van der Waals surface area contributed by atoms with Crippen molar-refractivity contribution in [3.8, 4) is 55.6 Å². The van der Waals surface area contributed by atoms with Crippen LogP contribution in [-0.4, -0.2) is 0 Å². The lowest BCUT2D eigenvalue weighted by Crippen LogP contribution is -2.26. The molecule has 348 valence electrons. The third kappa shape index (κ3) is 5.28. The highest BCUT2D eigenvalue weighted by Crippen LogP contribution is 2.65. The van der Waals surface area contributed by atoms with Crippen LogP contribution in [0.5, 0.6) is 0 Å². The standard InChI is InChI=1S/C73H51N/c1-71(2)63-29-15-10-26-55(63)60-39-44(33-38-64(60)71)58-42-61-56-27-13-18-32-67(56)73(65-30-16-11-24-53(65)54-25-12-17-31-66(54)73)69(61)43-70(58)74(46-35-37-57-52-23-9-14-28-62(52)72(3,4)68(57)41-46)45-34-36-51-49-21-6-5-19-47(49)48-20-7-8-22-50(48)59(51)40-45/h5-43H,1-4H3. The Bertz CT molecular complexity index is 4370. The fourth-order valence-corrected chi connectivity index (χ4v) is 14.7. The summed E-state index contributed by atoms with van der Waals surface area (Å²) in [6.45, 7) is 9.57. The molecule has 16 rings (SSSR count). The molecule has 0 saturated heterocycles. The van der Waals surface area contributed by atoms with Crippen LogP contribution in [0.4, 0.5) is 17.1 Å². The van der Waals surface area contributed by atoms with Crippen LogP contribution >= 0.6 is 0 Å². The number of nitrogens with zero attached hydrogens (tertiary/aromatic N) is 1. The monoisotopic (exact) mass is 941 g/mol. The van der Waals surface area contributed by atoms with E-state index in [0.717, 1.165) is 17.1 Å². The Morgan fingerprint density at radius 2 is 0.635 bits per heavy atom. The second-order valence-corrected chi connectivity index (χ2v) is 22.3. The third-order valence-corrected chi connectivity index (χ3v) is 18.1. The number of fused-ring (bicyclic) bond motifs is 22. The van der Waals surface area contributed by atoms with Crippen molar-refractivity contribution in [1.29, 1.82) is 0 Å². The van der Waals surface area contributed by atoms with E-state index in [2.05, 4.69) is 269 Å². The van der Waals surface area contributed by atoms with Crippen LogP contribution in [0.2, 0.25) is 0 Å². The Kier molecular flexibility index (Phi) is 8.29. The Hall–Kier alpha value is -8.78. The lowest BCUT2D eigenvalue weighted by molar-refractivity contribution is 0.660. The second kappa shape index (κ2) is 14.7. The summed E-state index contributed by atoms with van der Waals surface area (Å²) in [6, 6.07) is 90.7. The first-order valence-corrected chi connectivity index (χ1v) is 26.3. The van der Waals surface area contributed by atoms with Gasteiger partial charge in [-0.05, 0) is 169 Å². The highest BCUT2D eigenvalue weighted by molar-refractivity contribution is 6.26. The van der Waals surface area contributed by atoms with E-state index in [-0.39, 0.29) is 10.8 Å². The molecule has 0 saturated carbocycles. The second-order valence-electron chi connectivity index (χ2n) is 22.3. The van der Waals surface area contributed by atoms with Crippen LogP contribution in [0.25, 0.3) is 88.0 Å². The molecule has 1 nitrogen and oxygen atoms in total. The molecular formula is C73H51N. The zero-order valence-corrected chi connectivity index (χ0v) is 42.0. The topological polar surface area (TPSA) is 3.24 Å². The summed E-state index contributed by atoms with van der Waals surface area (Å²) in [4.78, 5) is 2.62. The minimum atomic E-state index is -0.529. The van der Waals surface area contributed by atoms with E-state index in [1.807, 2.05) is 0 Å². The van der Waals surface area contributed by atoms with E-state index in [9.17, 15) is 0 Å². The van der Waals surface area contributed by atoms with Crippen molar-refractivity contribution >= 4 is 49.4 Å². The molecule has 1 heteroatoms. The number of anilines is 3. The molecule has 12 aromatic carbocycles. The maximum atomic E-state index is 2.62. The normalized spacial score (nSPS) is 15.1. The van der Waals surface area contributed by atoms with Crippen molar-refractivity contribution in [3.63, 3.8) is 0 Å². The van der Waals surface area contributed by atoms with Gasteiger partial charge in [0.25, 0.3) is 0 Å². The van der Waals surface area contributed by atoms with Crippen LogP contribution in [0.1, 0.15) is 72.2 Å². The van der Waals surface area contributed by atoms with Crippen LogP contribution in [0, 0.1) is 0 Å². The van der Waals surface area contributed by atoms with Crippen molar-refractivity contribution in [2.24, 2.45) is 0 Å². The SMILES string of the molecule is CC1(C)c2ccccc2-c2cc(-c3cc4c(cc3N(c3ccc5c(c3)C(C)(C)c3ccccc3-5)c3ccc5c6ccccc6c6ccccc6c5c3)C3(c5ccccc5-c5ccccc53)c3ccccc3-4)ccc21. The molecule has 74 heavy (non-hydrogen) atoms. The molecule has 0 atom stereocenters. The fourth-order valence-electron chi connectivity index (χ4n) is 14.7. The largest absolute Gasteiger partial charge is 0.310 e. The molecule has 0 unspecified atom stereocenters. The summed E-state index contributed by atoms with van der Waals surface area (Å²) in [6.07, 6.45) is 0. The molecule has 1 spiro atoms. The van der Waals surface area contributed by atoms with Crippen molar-refractivity contribution in [2.75, 3.05) is 4.90 Å². The summed E-state index contributed by atoms with van der Waals surface area (Å²) in [5, 5.41) is 7.60. The number of benzene rings is 12. The van der Waals surface area contributed by atoms with E-state index >= 15 is 0 Å². The van der Waals surface area contributed by atoms with E-state index < -0.39 is 5.41 Å². The van der Waals surface area contributed by atoms with E-state index in [1.165, 1.54) is 132 Å². The van der Waals surface area contributed by atoms with Gasteiger partial charge in [0.05, 0.1) is 11.1 Å². The Morgan fingerprint density at radius 1 is 0.243 bits per heavy atom. The molecule has 0 radical (unpaired) electrons. The molecule has 4 aliphatic rings. The van der Waals surface area contributed by atoms with Gasteiger partial charge in [0.2, 0.25) is 0 Å². The highest BCUT2D eigenvalue weighted by atomic mass is 15.1. The quantitative estimate of drug-likeness (QED) is 0.159. The highest BCUT2D eigenvalue weighted by Gasteiger charge is 2.52. The lowest BCUT2D eigenvalue weighted by atomic mass is 9.70. The Morgan fingerprint density at radius 3 is 1.22 bits per heavy atom. The predicted octanol–water partition coefficient (Wildman–Crippen LogP) is 19.2. The van der Waals surface area contributed by atoms with E-state index in [4.69, 9.17) is 0 Å². The first-order valence-electron chi connectivity index (χ1n) is 26.3.